The first kappa shape index (κ1) is 13.0. The minimum Gasteiger partial charge on any atom is -0.350 e. The first-order valence-electron chi connectivity index (χ1n) is 5.90. The van der Waals surface area contributed by atoms with Crippen molar-refractivity contribution in [2.45, 2.75) is 13.5 Å². The summed E-state index contributed by atoms with van der Waals surface area (Å²) in [6.07, 6.45) is 3.35. The molecule has 0 aliphatic carbocycles. The minimum atomic E-state index is -0.110. The van der Waals surface area contributed by atoms with Gasteiger partial charge in [0.15, 0.2) is 0 Å². The number of amides is 1. The molecule has 4 N–H and O–H groups in total. The highest BCUT2D eigenvalue weighted by Gasteiger charge is 2.08. The van der Waals surface area contributed by atoms with E-state index in [1.807, 2.05) is 13.0 Å². The highest BCUT2D eigenvalue weighted by molar-refractivity contribution is 5.96. The maximum Gasteiger partial charge on any atom is 0.251 e. The number of hydrazine groups is 1. The first-order chi connectivity index (χ1) is 9.20. The third kappa shape index (κ3) is 3.29. The summed E-state index contributed by atoms with van der Waals surface area (Å²) in [5.41, 5.74) is 4.83. The summed E-state index contributed by atoms with van der Waals surface area (Å²) in [6, 6.07) is 5.33. The average Bonchev–Trinajstić information content (AvgIpc) is 2.91. The number of aromatic nitrogens is 3. The Morgan fingerprint density at radius 3 is 2.95 bits per heavy atom. The van der Waals surface area contributed by atoms with Crippen LogP contribution in [-0.4, -0.2) is 27.4 Å². The molecule has 7 heteroatoms. The number of nitrogen functional groups attached to an aromatic ring is 1. The van der Waals surface area contributed by atoms with E-state index in [4.69, 9.17) is 5.84 Å². The number of carbonyl (C=O) groups is 1. The Balaban J connectivity index is 1.92. The molecule has 0 aliphatic heterocycles. The molecular formula is C12H16N6O. The number of carbonyl (C=O) groups excluding carboxylic acids is 1. The van der Waals surface area contributed by atoms with Crippen LogP contribution in [0.3, 0.4) is 0 Å². The molecular weight excluding hydrogens is 244 g/mol. The largest absolute Gasteiger partial charge is 0.350 e. The SMILES string of the molecule is Cc1cc(NN)ccc1C(=O)NCCn1ccnn1. The Kier molecular flexibility index (Phi) is 4.09. The lowest BCUT2D eigenvalue weighted by Gasteiger charge is -2.09. The van der Waals surface area contributed by atoms with E-state index in [0.717, 1.165) is 11.3 Å². The van der Waals surface area contributed by atoms with Crippen molar-refractivity contribution < 1.29 is 4.79 Å². The summed E-state index contributed by atoms with van der Waals surface area (Å²) >= 11 is 0. The molecule has 0 fully saturated rings. The van der Waals surface area contributed by atoms with E-state index >= 15 is 0 Å². The van der Waals surface area contributed by atoms with Crippen molar-refractivity contribution in [3.05, 3.63) is 41.7 Å². The second-order valence-corrected chi connectivity index (χ2v) is 4.10. The topological polar surface area (TPSA) is 97.9 Å². The van der Waals surface area contributed by atoms with Crippen molar-refractivity contribution in [1.82, 2.24) is 20.3 Å². The third-order valence-electron chi connectivity index (χ3n) is 2.74. The van der Waals surface area contributed by atoms with Gasteiger partial charge in [-0.25, -0.2) is 0 Å². The quantitative estimate of drug-likeness (QED) is 0.530. The van der Waals surface area contributed by atoms with Crippen LogP contribution < -0.4 is 16.6 Å². The van der Waals surface area contributed by atoms with Crippen LogP contribution in [0.15, 0.2) is 30.6 Å². The lowest BCUT2D eigenvalue weighted by Crippen LogP contribution is -2.28. The summed E-state index contributed by atoms with van der Waals surface area (Å²) < 4.78 is 1.66. The van der Waals surface area contributed by atoms with Gasteiger partial charge < -0.3 is 10.7 Å². The number of nitrogens with one attached hydrogen (secondary N) is 2. The van der Waals surface area contributed by atoms with Crippen LogP contribution in [0.2, 0.25) is 0 Å². The van der Waals surface area contributed by atoms with Crippen LogP contribution in [0.1, 0.15) is 15.9 Å². The van der Waals surface area contributed by atoms with Crippen molar-refractivity contribution in [3.63, 3.8) is 0 Å². The summed E-state index contributed by atoms with van der Waals surface area (Å²) in [5.74, 6) is 5.20. The number of hydrogen-bond donors (Lipinski definition) is 3. The minimum absolute atomic E-state index is 0.110. The monoisotopic (exact) mass is 260 g/mol. The van der Waals surface area contributed by atoms with E-state index in [1.54, 1.807) is 29.2 Å². The lowest BCUT2D eigenvalue weighted by atomic mass is 10.1. The van der Waals surface area contributed by atoms with E-state index in [2.05, 4.69) is 21.1 Å². The van der Waals surface area contributed by atoms with Crippen molar-refractivity contribution in [3.8, 4) is 0 Å². The normalized spacial score (nSPS) is 10.2. The van der Waals surface area contributed by atoms with Gasteiger partial charge in [0.05, 0.1) is 12.7 Å². The molecule has 1 heterocycles. The number of benzene rings is 1. The van der Waals surface area contributed by atoms with E-state index < -0.39 is 0 Å². The molecule has 0 unspecified atom stereocenters. The molecule has 0 saturated carbocycles. The molecule has 0 atom stereocenters. The highest BCUT2D eigenvalue weighted by atomic mass is 16.1. The third-order valence-corrected chi connectivity index (χ3v) is 2.74. The number of nitrogens with two attached hydrogens (primary N) is 1. The summed E-state index contributed by atoms with van der Waals surface area (Å²) in [4.78, 5) is 12.0. The first-order valence-corrected chi connectivity index (χ1v) is 5.90. The van der Waals surface area contributed by atoms with E-state index in [0.29, 0.717) is 18.7 Å². The number of nitrogens with zero attached hydrogens (tertiary/aromatic N) is 3. The number of hydrogen-bond acceptors (Lipinski definition) is 5. The molecule has 0 saturated heterocycles. The van der Waals surface area contributed by atoms with Crippen LogP contribution in [0.5, 0.6) is 0 Å². The fourth-order valence-electron chi connectivity index (χ4n) is 1.74. The summed E-state index contributed by atoms with van der Waals surface area (Å²) in [5, 5.41) is 10.3. The van der Waals surface area contributed by atoms with Crippen LogP contribution in [0.4, 0.5) is 5.69 Å². The fourth-order valence-corrected chi connectivity index (χ4v) is 1.74. The van der Waals surface area contributed by atoms with Gasteiger partial charge >= 0.3 is 0 Å². The molecule has 1 aromatic heterocycles. The molecule has 2 aromatic rings. The highest BCUT2D eigenvalue weighted by Crippen LogP contribution is 2.13. The van der Waals surface area contributed by atoms with Gasteiger partial charge in [0.1, 0.15) is 0 Å². The molecule has 0 aliphatic rings. The molecule has 0 spiro atoms. The van der Waals surface area contributed by atoms with Gasteiger partial charge in [-0.05, 0) is 30.7 Å². The number of anilines is 1. The Hall–Kier alpha value is -2.41. The second-order valence-electron chi connectivity index (χ2n) is 4.10. The van der Waals surface area contributed by atoms with Gasteiger partial charge in [-0.15, -0.1) is 5.10 Å². The standard InChI is InChI=1S/C12H16N6O/c1-9-8-10(16-13)2-3-11(9)12(19)14-4-6-18-7-5-15-17-18/h2-3,5,7-8,16H,4,6,13H2,1H3,(H,14,19). The van der Waals surface area contributed by atoms with Gasteiger partial charge in [0.2, 0.25) is 0 Å². The van der Waals surface area contributed by atoms with Gasteiger partial charge in [-0.1, -0.05) is 5.21 Å². The smallest absolute Gasteiger partial charge is 0.251 e. The van der Waals surface area contributed by atoms with Gasteiger partial charge in [-0.3, -0.25) is 15.3 Å². The Morgan fingerprint density at radius 1 is 1.47 bits per heavy atom. The maximum atomic E-state index is 12.0. The molecule has 1 amide bonds. The van der Waals surface area contributed by atoms with Gasteiger partial charge in [0, 0.05) is 24.0 Å². The number of rotatable bonds is 5. The Bertz CT molecular complexity index is 551. The Morgan fingerprint density at radius 2 is 2.32 bits per heavy atom. The van der Waals surface area contributed by atoms with E-state index in [1.165, 1.54) is 0 Å². The summed E-state index contributed by atoms with van der Waals surface area (Å²) in [6.45, 7) is 2.96. The fraction of sp³-hybridized carbons (Fsp3) is 0.250. The van der Waals surface area contributed by atoms with Crippen LogP contribution in [0, 0.1) is 6.92 Å². The second kappa shape index (κ2) is 5.96. The van der Waals surface area contributed by atoms with Crippen molar-refractivity contribution in [1.29, 1.82) is 0 Å². The Labute approximate surface area is 110 Å². The average molecular weight is 260 g/mol. The molecule has 1 aromatic carbocycles. The van der Waals surface area contributed by atoms with Crippen molar-refractivity contribution in [2.75, 3.05) is 12.0 Å². The van der Waals surface area contributed by atoms with Crippen LogP contribution >= 0.6 is 0 Å². The lowest BCUT2D eigenvalue weighted by molar-refractivity contribution is 0.0951. The van der Waals surface area contributed by atoms with Crippen LogP contribution in [-0.2, 0) is 6.54 Å². The predicted molar refractivity (Wildman–Crippen MR) is 71.3 cm³/mol. The molecule has 100 valence electrons. The van der Waals surface area contributed by atoms with E-state index in [9.17, 15) is 4.79 Å². The molecule has 0 bridgehead atoms. The molecule has 7 nitrogen and oxygen atoms in total. The maximum absolute atomic E-state index is 12.0. The molecule has 19 heavy (non-hydrogen) atoms. The van der Waals surface area contributed by atoms with Gasteiger partial charge in [-0.2, -0.15) is 0 Å². The zero-order valence-corrected chi connectivity index (χ0v) is 10.6. The molecule has 2 rings (SSSR count). The zero-order valence-electron chi connectivity index (χ0n) is 10.6. The predicted octanol–water partition coefficient (Wildman–Crippen LogP) is 0.302. The zero-order chi connectivity index (χ0) is 13.7. The molecule has 0 radical (unpaired) electrons. The van der Waals surface area contributed by atoms with Gasteiger partial charge in [0.25, 0.3) is 5.91 Å². The summed E-state index contributed by atoms with van der Waals surface area (Å²) in [7, 11) is 0. The van der Waals surface area contributed by atoms with Crippen molar-refractivity contribution in [2.24, 2.45) is 5.84 Å². The van der Waals surface area contributed by atoms with E-state index in [-0.39, 0.29) is 5.91 Å². The number of aryl methyl sites for hydroxylation is 1. The van der Waals surface area contributed by atoms with Crippen LogP contribution in [0.25, 0.3) is 0 Å². The van der Waals surface area contributed by atoms with Crippen molar-refractivity contribution >= 4 is 11.6 Å².